The predicted octanol–water partition coefficient (Wildman–Crippen LogP) is 3.41. The summed E-state index contributed by atoms with van der Waals surface area (Å²) in [7, 11) is 0. The molecule has 1 N–H and O–H groups in total. The number of hydrogen-bond donors (Lipinski definition) is 1. The van der Waals surface area contributed by atoms with Gasteiger partial charge in [-0.05, 0) is 48.3 Å². The fourth-order valence-corrected chi connectivity index (χ4v) is 4.41. The molecule has 0 fully saturated rings. The van der Waals surface area contributed by atoms with Gasteiger partial charge < -0.3 is 10.1 Å². The second kappa shape index (κ2) is 7.27. The van der Waals surface area contributed by atoms with Crippen molar-refractivity contribution in [1.29, 1.82) is 0 Å². The zero-order valence-corrected chi connectivity index (χ0v) is 14.6. The van der Waals surface area contributed by atoms with E-state index in [1.165, 1.54) is 28.2 Å². The number of thiophene rings is 2. The summed E-state index contributed by atoms with van der Waals surface area (Å²) in [5, 5.41) is 4.70. The minimum Gasteiger partial charge on any atom is -0.451 e. The zero-order chi connectivity index (χ0) is 16.2. The summed E-state index contributed by atoms with van der Waals surface area (Å²) in [6.45, 7) is 2.47. The van der Waals surface area contributed by atoms with Gasteiger partial charge in [0.05, 0.1) is 6.54 Å². The average Bonchev–Trinajstić information content (AvgIpc) is 3.19. The lowest BCUT2D eigenvalue weighted by Gasteiger charge is -2.16. The maximum absolute atomic E-state index is 12.1. The summed E-state index contributed by atoms with van der Waals surface area (Å²) in [5.41, 5.74) is 1.27. The van der Waals surface area contributed by atoms with Crippen LogP contribution < -0.4 is 5.32 Å². The van der Waals surface area contributed by atoms with Crippen LogP contribution in [-0.4, -0.2) is 18.5 Å². The molecule has 2 aromatic heterocycles. The lowest BCUT2D eigenvalue weighted by atomic mass is 9.90. The molecule has 0 saturated heterocycles. The van der Waals surface area contributed by atoms with E-state index in [0.29, 0.717) is 17.3 Å². The van der Waals surface area contributed by atoms with Gasteiger partial charge in [0.15, 0.2) is 6.61 Å². The lowest BCUT2D eigenvalue weighted by Crippen LogP contribution is -2.27. The Hall–Kier alpha value is -1.66. The molecule has 3 rings (SSSR count). The Balaban J connectivity index is 1.48. The fourth-order valence-electron chi connectivity index (χ4n) is 2.66. The summed E-state index contributed by atoms with van der Waals surface area (Å²) in [4.78, 5) is 26.8. The standard InChI is InChI=1S/C17H19NO3S2/c1-11-4-5-14-12(7-11)8-15(23-14)17(20)21-10-16(19)18-9-13-3-2-6-22-13/h2-3,6,8,11H,4-5,7,9-10H2,1H3,(H,18,19)/t11-/m1/s1. The Kier molecular flexibility index (Phi) is 5.13. The van der Waals surface area contributed by atoms with Crippen LogP contribution in [0.3, 0.4) is 0 Å². The fraction of sp³-hybridized carbons (Fsp3) is 0.412. The first-order valence-corrected chi connectivity index (χ1v) is 9.39. The van der Waals surface area contributed by atoms with Gasteiger partial charge in [-0.15, -0.1) is 22.7 Å². The highest BCUT2D eigenvalue weighted by Gasteiger charge is 2.21. The molecule has 23 heavy (non-hydrogen) atoms. The molecule has 122 valence electrons. The van der Waals surface area contributed by atoms with Crippen molar-refractivity contribution in [1.82, 2.24) is 5.32 Å². The van der Waals surface area contributed by atoms with Gasteiger partial charge in [0.25, 0.3) is 5.91 Å². The van der Waals surface area contributed by atoms with Crippen LogP contribution in [0.5, 0.6) is 0 Å². The molecule has 0 spiro atoms. The summed E-state index contributed by atoms with van der Waals surface area (Å²) >= 11 is 3.08. The van der Waals surface area contributed by atoms with E-state index in [0.717, 1.165) is 17.7 Å². The minimum atomic E-state index is -0.400. The summed E-state index contributed by atoms with van der Waals surface area (Å²) in [6.07, 6.45) is 3.24. The van der Waals surface area contributed by atoms with Crippen molar-refractivity contribution >= 4 is 34.6 Å². The lowest BCUT2D eigenvalue weighted by molar-refractivity contribution is -0.124. The smallest absolute Gasteiger partial charge is 0.348 e. The maximum atomic E-state index is 12.1. The van der Waals surface area contributed by atoms with E-state index in [1.54, 1.807) is 11.3 Å². The topological polar surface area (TPSA) is 55.4 Å². The van der Waals surface area contributed by atoms with E-state index >= 15 is 0 Å². The molecule has 1 atom stereocenters. The first kappa shape index (κ1) is 16.2. The van der Waals surface area contributed by atoms with Crippen LogP contribution in [0.2, 0.25) is 0 Å². The van der Waals surface area contributed by atoms with E-state index < -0.39 is 5.97 Å². The van der Waals surface area contributed by atoms with Crippen LogP contribution in [0.4, 0.5) is 0 Å². The first-order chi connectivity index (χ1) is 11.1. The third kappa shape index (κ3) is 4.20. The van der Waals surface area contributed by atoms with E-state index in [1.807, 2.05) is 23.6 Å². The van der Waals surface area contributed by atoms with Crippen molar-refractivity contribution in [3.63, 3.8) is 0 Å². The second-order valence-corrected chi connectivity index (χ2v) is 8.01. The normalized spacial score (nSPS) is 16.7. The number of carbonyl (C=O) groups excluding carboxylic acids is 2. The molecule has 0 bridgehead atoms. The van der Waals surface area contributed by atoms with Crippen molar-refractivity contribution in [2.45, 2.75) is 32.7 Å². The molecule has 1 aliphatic rings. The van der Waals surface area contributed by atoms with Gasteiger partial charge >= 0.3 is 5.97 Å². The van der Waals surface area contributed by atoms with Crippen LogP contribution in [0.1, 0.15) is 38.3 Å². The molecule has 0 aromatic carbocycles. The average molecular weight is 349 g/mol. The number of amides is 1. The molecule has 4 nitrogen and oxygen atoms in total. The molecule has 2 heterocycles. The third-order valence-corrected chi connectivity index (χ3v) is 6.00. The van der Waals surface area contributed by atoms with E-state index in [2.05, 4.69) is 12.2 Å². The van der Waals surface area contributed by atoms with Crippen LogP contribution >= 0.6 is 22.7 Å². The molecule has 1 amide bonds. The van der Waals surface area contributed by atoms with Crippen LogP contribution in [0.15, 0.2) is 23.6 Å². The second-order valence-electron chi connectivity index (χ2n) is 5.84. The van der Waals surface area contributed by atoms with Gasteiger partial charge in [-0.1, -0.05) is 13.0 Å². The summed E-state index contributed by atoms with van der Waals surface area (Å²) in [6, 6.07) is 5.82. The van der Waals surface area contributed by atoms with Crippen molar-refractivity contribution < 1.29 is 14.3 Å². The Morgan fingerprint density at radius 1 is 1.43 bits per heavy atom. The number of aryl methyl sites for hydroxylation is 1. The van der Waals surface area contributed by atoms with Crippen molar-refractivity contribution in [2.75, 3.05) is 6.61 Å². The van der Waals surface area contributed by atoms with Gasteiger partial charge in [-0.25, -0.2) is 4.79 Å². The zero-order valence-electron chi connectivity index (χ0n) is 13.0. The van der Waals surface area contributed by atoms with Crippen LogP contribution in [-0.2, 0) is 28.9 Å². The highest BCUT2D eigenvalue weighted by atomic mass is 32.1. The maximum Gasteiger partial charge on any atom is 0.348 e. The highest BCUT2D eigenvalue weighted by Crippen LogP contribution is 2.32. The summed E-state index contributed by atoms with van der Waals surface area (Å²) in [5.74, 6) is -0.00554. The third-order valence-electron chi connectivity index (χ3n) is 3.90. The molecular formula is C17H19NO3S2. The quantitative estimate of drug-likeness (QED) is 0.842. The van der Waals surface area contributed by atoms with E-state index in [4.69, 9.17) is 4.74 Å². The molecule has 1 aliphatic carbocycles. The van der Waals surface area contributed by atoms with Gasteiger partial charge in [0.1, 0.15) is 4.88 Å². The van der Waals surface area contributed by atoms with Crippen molar-refractivity contribution in [3.8, 4) is 0 Å². The number of esters is 1. The van der Waals surface area contributed by atoms with Crippen LogP contribution in [0, 0.1) is 5.92 Å². The van der Waals surface area contributed by atoms with Gasteiger partial charge in [-0.3, -0.25) is 4.79 Å². The number of ether oxygens (including phenoxy) is 1. The van der Waals surface area contributed by atoms with Gasteiger partial charge in [0.2, 0.25) is 0 Å². The predicted molar refractivity (Wildman–Crippen MR) is 92.0 cm³/mol. The Bertz CT molecular complexity index is 691. The molecule has 6 heteroatoms. The van der Waals surface area contributed by atoms with E-state index in [9.17, 15) is 9.59 Å². The van der Waals surface area contributed by atoms with Gasteiger partial charge in [-0.2, -0.15) is 0 Å². The molecule has 0 aliphatic heterocycles. The molecular weight excluding hydrogens is 330 g/mol. The number of carbonyl (C=O) groups is 2. The van der Waals surface area contributed by atoms with Gasteiger partial charge in [0, 0.05) is 9.75 Å². The number of hydrogen-bond acceptors (Lipinski definition) is 5. The van der Waals surface area contributed by atoms with Crippen LogP contribution in [0.25, 0.3) is 0 Å². The summed E-state index contributed by atoms with van der Waals surface area (Å²) < 4.78 is 5.13. The Morgan fingerprint density at radius 3 is 3.09 bits per heavy atom. The number of nitrogens with one attached hydrogen (secondary N) is 1. The number of rotatable bonds is 5. The molecule has 0 radical (unpaired) electrons. The van der Waals surface area contributed by atoms with E-state index in [-0.39, 0.29) is 12.5 Å². The monoisotopic (exact) mass is 349 g/mol. The van der Waals surface area contributed by atoms with Crippen molar-refractivity contribution in [3.05, 3.63) is 43.8 Å². The Morgan fingerprint density at radius 2 is 2.30 bits per heavy atom. The Labute approximate surface area is 143 Å². The SMILES string of the molecule is C[C@@H]1CCc2sc(C(=O)OCC(=O)NCc3cccs3)cc2C1. The highest BCUT2D eigenvalue weighted by molar-refractivity contribution is 7.14. The van der Waals surface area contributed by atoms with Crippen molar-refractivity contribution in [2.24, 2.45) is 5.92 Å². The largest absolute Gasteiger partial charge is 0.451 e. The molecule has 0 saturated carbocycles. The minimum absolute atomic E-state index is 0.233. The number of fused-ring (bicyclic) bond motifs is 1. The molecule has 0 unspecified atom stereocenters. The molecule has 2 aromatic rings. The first-order valence-electron chi connectivity index (χ1n) is 7.69.